The Balaban J connectivity index is 1.45. The van der Waals surface area contributed by atoms with Crippen molar-refractivity contribution in [3.05, 3.63) is 59.7 Å². The number of benzene rings is 2. The lowest BCUT2D eigenvalue weighted by Gasteiger charge is -2.30. The van der Waals surface area contributed by atoms with E-state index in [0.29, 0.717) is 30.1 Å². The molecule has 2 fully saturated rings. The van der Waals surface area contributed by atoms with Crippen LogP contribution < -0.4 is 15.5 Å². The molecular weight excluding hydrogens is 398 g/mol. The monoisotopic (exact) mass is 433 g/mol. The van der Waals surface area contributed by atoms with Crippen LogP contribution in [0.2, 0.25) is 0 Å². The second-order valence-corrected chi connectivity index (χ2v) is 9.19. The molecule has 1 aliphatic carbocycles. The fourth-order valence-corrected chi connectivity index (χ4v) is 4.94. The number of nitrogens with zero attached hydrogens (tertiary/aromatic N) is 1. The van der Waals surface area contributed by atoms with E-state index in [9.17, 15) is 9.59 Å². The lowest BCUT2D eigenvalue weighted by atomic mass is 10.0. The fraction of sp³-hybridized carbons (Fsp3) is 0.481. The third-order valence-corrected chi connectivity index (χ3v) is 6.77. The summed E-state index contributed by atoms with van der Waals surface area (Å²) in [6.45, 7) is 2.41. The van der Waals surface area contributed by atoms with Gasteiger partial charge in [-0.25, -0.2) is 0 Å². The zero-order chi connectivity index (χ0) is 22.2. The van der Waals surface area contributed by atoms with Gasteiger partial charge in [-0.15, -0.1) is 0 Å². The van der Waals surface area contributed by atoms with Crippen molar-refractivity contribution in [3.63, 3.8) is 0 Å². The van der Waals surface area contributed by atoms with Crippen LogP contribution in [0.15, 0.2) is 48.5 Å². The van der Waals surface area contributed by atoms with Crippen molar-refractivity contribution in [3.8, 4) is 0 Å². The second-order valence-electron chi connectivity index (χ2n) is 9.19. The molecule has 2 amide bonds. The molecular formula is C27H35N3O2. The van der Waals surface area contributed by atoms with Crippen LogP contribution in [0, 0.1) is 5.92 Å². The van der Waals surface area contributed by atoms with Gasteiger partial charge in [0.25, 0.3) is 5.91 Å². The number of carbonyl (C=O) groups is 2. The van der Waals surface area contributed by atoms with E-state index in [2.05, 4.69) is 15.5 Å². The highest BCUT2D eigenvalue weighted by molar-refractivity contribution is 6.02. The van der Waals surface area contributed by atoms with Crippen molar-refractivity contribution in [1.29, 1.82) is 0 Å². The smallest absolute Gasteiger partial charge is 0.253 e. The van der Waals surface area contributed by atoms with Gasteiger partial charge in [0, 0.05) is 37.4 Å². The first kappa shape index (κ1) is 22.4. The third-order valence-electron chi connectivity index (χ3n) is 6.77. The number of hydrogen-bond donors (Lipinski definition) is 2. The molecule has 2 N–H and O–H groups in total. The zero-order valence-electron chi connectivity index (χ0n) is 18.9. The predicted octanol–water partition coefficient (Wildman–Crippen LogP) is 5.52. The third kappa shape index (κ3) is 6.12. The summed E-state index contributed by atoms with van der Waals surface area (Å²) < 4.78 is 0. The highest BCUT2D eigenvalue weighted by Gasteiger charge is 2.20. The molecule has 0 spiro atoms. The summed E-state index contributed by atoms with van der Waals surface area (Å²) in [5.41, 5.74) is 3.36. The molecule has 0 aromatic heterocycles. The average Bonchev–Trinajstić information content (AvgIpc) is 3.36. The van der Waals surface area contributed by atoms with E-state index in [4.69, 9.17) is 0 Å². The Morgan fingerprint density at radius 2 is 1.66 bits per heavy atom. The Hall–Kier alpha value is -2.82. The molecule has 1 saturated carbocycles. The molecule has 2 aliphatic rings. The largest absolute Gasteiger partial charge is 0.371 e. The van der Waals surface area contributed by atoms with Crippen molar-refractivity contribution >= 4 is 23.2 Å². The first-order chi connectivity index (χ1) is 15.7. The maximum atomic E-state index is 13.2. The van der Waals surface area contributed by atoms with E-state index in [1.807, 2.05) is 48.5 Å². The van der Waals surface area contributed by atoms with Crippen molar-refractivity contribution in [2.75, 3.05) is 23.3 Å². The Labute approximate surface area is 191 Å². The molecule has 1 saturated heterocycles. The predicted molar refractivity (Wildman–Crippen MR) is 130 cm³/mol. The Bertz CT molecular complexity index is 900. The first-order valence-electron chi connectivity index (χ1n) is 12.2. The molecule has 4 rings (SSSR count). The van der Waals surface area contributed by atoms with Gasteiger partial charge in [0.1, 0.15) is 0 Å². The highest BCUT2D eigenvalue weighted by Crippen LogP contribution is 2.30. The van der Waals surface area contributed by atoms with Gasteiger partial charge in [-0.05, 0) is 55.4 Å². The molecule has 2 aromatic carbocycles. The van der Waals surface area contributed by atoms with Crippen molar-refractivity contribution in [2.45, 2.75) is 64.3 Å². The molecule has 0 atom stereocenters. The van der Waals surface area contributed by atoms with E-state index in [1.165, 1.54) is 32.1 Å². The van der Waals surface area contributed by atoms with Gasteiger partial charge < -0.3 is 15.5 Å². The van der Waals surface area contributed by atoms with Gasteiger partial charge in [0.2, 0.25) is 5.91 Å². The topological polar surface area (TPSA) is 61.4 Å². The Morgan fingerprint density at radius 1 is 0.906 bits per heavy atom. The number of amides is 2. The lowest BCUT2D eigenvalue weighted by Crippen LogP contribution is -2.32. The quantitative estimate of drug-likeness (QED) is 0.577. The SMILES string of the molecule is O=C(CCC1CCCC1)Nc1ccc(N2CCCCC2)c(C(=O)NCc2ccccc2)c1. The summed E-state index contributed by atoms with van der Waals surface area (Å²) in [5, 5.41) is 6.09. The normalized spacial score (nSPS) is 16.7. The number of piperidine rings is 1. The molecule has 5 heteroatoms. The van der Waals surface area contributed by atoms with Gasteiger partial charge >= 0.3 is 0 Å². The number of nitrogens with one attached hydrogen (secondary N) is 2. The number of hydrogen-bond acceptors (Lipinski definition) is 3. The van der Waals surface area contributed by atoms with Crippen LogP contribution in [-0.2, 0) is 11.3 Å². The van der Waals surface area contributed by atoms with Gasteiger partial charge in [-0.3, -0.25) is 9.59 Å². The summed E-state index contributed by atoms with van der Waals surface area (Å²) in [4.78, 5) is 28.0. The fourth-order valence-electron chi connectivity index (χ4n) is 4.94. The summed E-state index contributed by atoms with van der Waals surface area (Å²) in [6, 6.07) is 15.7. The summed E-state index contributed by atoms with van der Waals surface area (Å²) >= 11 is 0. The van der Waals surface area contributed by atoms with Gasteiger partial charge in [-0.1, -0.05) is 56.0 Å². The minimum atomic E-state index is -0.100. The van der Waals surface area contributed by atoms with Crippen molar-refractivity contribution < 1.29 is 9.59 Å². The maximum Gasteiger partial charge on any atom is 0.253 e. The zero-order valence-corrected chi connectivity index (χ0v) is 18.9. The molecule has 170 valence electrons. The first-order valence-corrected chi connectivity index (χ1v) is 12.2. The van der Waals surface area contributed by atoms with E-state index >= 15 is 0 Å². The lowest BCUT2D eigenvalue weighted by molar-refractivity contribution is -0.116. The minimum absolute atomic E-state index is 0.0401. The summed E-state index contributed by atoms with van der Waals surface area (Å²) in [6.07, 6.45) is 10.1. The molecule has 0 bridgehead atoms. The van der Waals surface area contributed by atoms with Crippen LogP contribution in [-0.4, -0.2) is 24.9 Å². The average molecular weight is 434 g/mol. The van der Waals surface area contributed by atoms with Crippen molar-refractivity contribution in [2.24, 2.45) is 5.92 Å². The molecule has 2 aromatic rings. The van der Waals surface area contributed by atoms with Gasteiger partial charge in [-0.2, -0.15) is 0 Å². The molecule has 32 heavy (non-hydrogen) atoms. The Morgan fingerprint density at radius 3 is 2.41 bits per heavy atom. The van der Waals surface area contributed by atoms with E-state index < -0.39 is 0 Å². The Kier molecular flexibility index (Phi) is 7.81. The maximum absolute atomic E-state index is 13.2. The van der Waals surface area contributed by atoms with E-state index in [1.54, 1.807) is 0 Å². The molecule has 1 heterocycles. The van der Waals surface area contributed by atoms with Crippen LogP contribution in [0.3, 0.4) is 0 Å². The van der Waals surface area contributed by atoms with E-state index in [0.717, 1.165) is 43.6 Å². The van der Waals surface area contributed by atoms with E-state index in [-0.39, 0.29) is 11.8 Å². The summed E-state index contributed by atoms with van der Waals surface area (Å²) in [5.74, 6) is 0.635. The van der Waals surface area contributed by atoms with Gasteiger partial charge in [0.05, 0.1) is 5.56 Å². The van der Waals surface area contributed by atoms with Crippen LogP contribution in [0.4, 0.5) is 11.4 Å². The minimum Gasteiger partial charge on any atom is -0.371 e. The molecule has 1 aliphatic heterocycles. The number of rotatable bonds is 8. The molecule has 0 radical (unpaired) electrons. The van der Waals surface area contributed by atoms with Crippen LogP contribution >= 0.6 is 0 Å². The number of anilines is 2. The highest BCUT2D eigenvalue weighted by atomic mass is 16.2. The molecule has 5 nitrogen and oxygen atoms in total. The van der Waals surface area contributed by atoms with Crippen LogP contribution in [0.5, 0.6) is 0 Å². The molecule has 0 unspecified atom stereocenters. The van der Waals surface area contributed by atoms with Crippen molar-refractivity contribution in [1.82, 2.24) is 5.32 Å². The van der Waals surface area contributed by atoms with Gasteiger partial charge in [0.15, 0.2) is 0 Å². The van der Waals surface area contributed by atoms with Crippen LogP contribution in [0.1, 0.15) is 73.7 Å². The standard InChI is InChI=1S/C27H35N3O2/c31-26(16-13-21-9-5-6-10-21)29-23-14-15-25(30-17-7-2-8-18-30)24(19-23)27(32)28-20-22-11-3-1-4-12-22/h1,3-4,11-12,14-15,19,21H,2,5-10,13,16-18,20H2,(H,28,32)(H,29,31). The summed E-state index contributed by atoms with van der Waals surface area (Å²) in [7, 11) is 0. The van der Waals surface area contributed by atoms with Crippen LogP contribution in [0.25, 0.3) is 0 Å². The number of carbonyl (C=O) groups excluding carboxylic acids is 2. The second kappa shape index (κ2) is 11.2.